The highest BCUT2D eigenvalue weighted by molar-refractivity contribution is 5.81. The van der Waals surface area contributed by atoms with E-state index in [1.165, 1.54) is 33.4 Å². The lowest BCUT2D eigenvalue weighted by molar-refractivity contribution is 0.520. The molecule has 0 aromatic heterocycles. The van der Waals surface area contributed by atoms with Gasteiger partial charge in [-0.15, -0.1) is 0 Å². The molecule has 1 aliphatic carbocycles. The molecule has 0 spiro atoms. The van der Waals surface area contributed by atoms with Gasteiger partial charge in [-0.25, -0.2) is 0 Å². The smallest absolute Gasteiger partial charge is 0.0295 e. The standard InChI is InChI=1S/C27H22/c1-3-11-21(12-4-1)19-27(20-22-13-5-2-6-14-22)25-17-9-7-15-23(25)24-16-8-10-18-26(24)27/h1-18H,19-20H2. The second kappa shape index (κ2) is 6.55. The normalized spacial score (nSPS) is 13.8. The van der Waals surface area contributed by atoms with Gasteiger partial charge in [-0.2, -0.15) is 0 Å². The molecular formula is C27H22. The summed E-state index contributed by atoms with van der Waals surface area (Å²) >= 11 is 0. The summed E-state index contributed by atoms with van der Waals surface area (Å²) in [6.45, 7) is 0. The van der Waals surface area contributed by atoms with E-state index in [4.69, 9.17) is 0 Å². The molecule has 0 saturated carbocycles. The van der Waals surface area contributed by atoms with Crippen molar-refractivity contribution < 1.29 is 0 Å². The fraction of sp³-hybridized carbons (Fsp3) is 0.111. The average molecular weight is 346 g/mol. The van der Waals surface area contributed by atoms with E-state index < -0.39 is 0 Å². The van der Waals surface area contributed by atoms with Crippen molar-refractivity contribution in [2.75, 3.05) is 0 Å². The summed E-state index contributed by atoms with van der Waals surface area (Å²) < 4.78 is 0. The second-order valence-electron chi connectivity index (χ2n) is 7.50. The molecule has 1 aliphatic rings. The van der Waals surface area contributed by atoms with Crippen molar-refractivity contribution in [1.82, 2.24) is 0 Å². The Hall–Kier alpha value is -3.12. The van der Waals surface area contributed by atoms with E-state index in [-0.39, 0.29) is 5.41 Å². The van der Waals surface area contributed by atoms with Crippen LogP contribution in [-0.2, 0) is 18.3 Å². The van der Waals surface area contributed by atoms with Gasteiger partial charge < -0.3 is 0 Å². The molecule has 0 fully saturated rings. The van der Waals surface area contributed by atoms with Crippen molar-refractivity contribution in [3.63, 3.8) is 0 Å². The third kappa shape index (κ3) is 2.69. The third-order valence-corrected chi connectivity index (χ3v) is 5.87. The van der Waals surface area contributed by atoms with Crippen LogP contribution < -0.4 is 0 Å². The highest BCUT2D eigenvalue weighted by atomic mass is 14.4. The summed E-state index contributed by atoms with van der Waals surface area (Å²) in [4.78, 5) is 0. The zero-order valence-electron chi connectivity index (χ0n) is 15.3. The molecule has 0 nitrogen and oxygen atoms in total. The predicted molar refractivity (Wildman–Crippen MR) is 113 cm³/mol. The molecule has 0 N–H and O–H groups in total. The van der Waals surface area contributed by atoms with Crippen LogP contribution in [0.1, 0.15) is 22.3 Å². The van der Waals surface area contributed by atoms with Gasteiger partial charge in [-0.1, -0.05) is 109 Å². The zero-order chi connectivity index (χ0) is 18.1. The Balaban J connectivity index is 1.75. The highest BCUT2D eigenvalue weighted by Crippen LogP contribution is 2.52. The van der Waals surface area contributed by atoms with Crippen molar-refractivity contribution >= 4 is 0 Å². The van der Waals surface area contributed by atoms with Crippen LogP contribution >= 0.6 is 0 Å². The first-order valence-corrected chi connectivity index (χ1v) is 9.64. The first kappa shape index (κ1) is 16.1. The monoisotopic (exact) mass is 346 g/mol. The lowest BCUT2D eigenvalue weighted by Gasteiger charge is -2.33. The number of rotatable bonds is 4. The molecule has 4 aromatic rings. The quantitative estimate of drug-likeness (QED) is 0.399. The number of hydrogen-bond acceptors (Lipinski definition) is 0. The minimum atomic E-state index is -0.0319. The maximum atomic E-state index is 2.33. The minimum absolute atomic E-state index is 0.0319. The van der Waals surface area contributed by atoms with Crippen LogP contribution in [-0.4, -0.2) is 0 Å². The minimum Gasteiger partial charge on any atom is -0.0622 e. The van der Waals surface area contributed by atoms with Crippen LogP contribution in [0.15, 0.2) is 109 Å². The van der Waals surface area contributed by atoms with E-state index in [1.54, 1.807) is 0 Å². The molecule has 0 heterocycles. The summed E-state index contributed by atoms with van der Waals surface area (Å²) in [7, 11) is 0. The Morgan fingerprint density at radius 3 is 1.22 bits per heavy atom. The van der Waals surface area contributed by atoms with E-state index in [1.807, 2.05) is 0 Å². The van der Waals surface area contributed by atoms with Gasteiger partial charge >= 0.3 is 0 Å². The van der Waals surface area contributed by atoms with Gasteiger partial charge in [0, 0.05) is 5.41 Å². The molecule has 4 aromatic carbocycles. The largest absolute Gasteiger partial charge is 0.0622 e. The molecule has 0 unspecified atom stereocenters. The van der Waals surface area contributed by atoms with Crippen molar-refractivity contribution in [1.29, 1.82) is 0 Å². The molecule has 0 radical (unpaired) electrons. The Morgan fingerprint density at radius 2 is 0.778 bits per heavy atom. The molecule has 27 heavy (non-hydrogen) atoms. The van der Waals surface area contributed by atoms with Crippen LogP contribution in [0.4, 0.5) is 0 Å². The van der Waals surface area contributed by atoms with Crippen molar-refractivity contribution in [3.8, 4) is 11.1 Å². The van der Waals surface area contributed by atoms with Crippen molar-refractivity contribution in [2.45, 2.75) is 18.3 Å². The maximum absolute atomic E-state index is 2.33. The molecule has 5 rings (SSSR count). The highest BCUT2D eigenvalue weighted by Gasteiger charge is 2.42. The molecule has 0 aliphatic heterocycles. The first-order chi connectivity index (χ1) is 13.4. The van der Waals surface area contributed by atoms with E-state index in [9.17, 15) is 0 Å². The zero-order valence-corrected chi connectivity index (χ0v) is 15.3. The summed E-state index contributed by atoms with van der Waals surface area (Å²) in [6.07, 6.45) is 2.02. The van der Waals surface area contributed by atoms with Crippen LogP contribution in [0, 0.1) is 0 Å². The van der Waals surface area contributed by atoms with Crippen LogP contribution in [0.2, 0.25) is 0 Å². The SMILES string of the molecule is c1ccc(CC2(Cc3ccccc3)c3ccccc3-c3ccccc32)cc1. The fourth-order valence-electron chi connectivity index (χ4n) is 4.75. The third-order valence-electron chi connectivity index (χ3n) is 5.87. The number of benzene rings is 4. The van der Waals surface area contributed by atoms with Crippen LogP contribution in [0.5, 0.6) is 0 Å². The number of fused-ring (bicyclic) bond motifs is 3. The van der Waals surface area contributed by atoms with Crippen LogP contribution in [0.3, 0.4) is 0 Å². The van der Waals surface area contributed by atoms with Crippen LogP contribution in [0.25, 0.3) is 11.1 Å². The van der Waals surface area contributed by atoms with Crippen molar-refractivity contribution in [2.24, 2.45) is 0 Å². The van der Waals surface area contributed by atoms with Gasteiger partial charge in [0.2, 0.25) is 0 Å². The first-order valence-electron chi connectivity index (χ1n) is 9.64. The predicted octanol–water partition coefficient (Wildman–Crippen LogP) is 6.44. The average Bonchev–Trinajstić information content (AvgIpc) is 3.00. The van der Waals surface area contributed by atoms with Gasteiger partial charge in [0.1, 0.15) is 0 Å². The Labute approximate surface area is 161 Å². The van der Waals surface area contributed by atoms with Gasteiger partial charge in [0.25, 0.3) is 0 Å². The van der Waals surface area contributed by atoms with E-state index in [0.29, 0.717) is 0 Å². The Morgan fingerprint density at radius 1 is 0.407 bits per heavy atom. The second-order valence-corrected chi connectivity index (χ2v) is 7.50. The molecule has 0 atom stereocenters. The molecule has 0 bridgehead atoms. The summed E-state index contributed by atoms with van der Waals surface area (Å²) in [5, 5.41) is 0. The van der Waals surface area contributed by atoms with Crippen molar-refractivity contribution in [3.05, 3.63) is 131 Å². The van der Waals surface area contributed by atoms with Gasteiger partial charge in [-0.05, 0) is 46.2 Å². The Kier molecular flexibility index (Phi) is 3.90. The lowest BCUT2D eigenvalue weighted by Crippen LogP contribution is -2.31. The van der Waals surface area contributed by atoms with E-state index in [0.717, 1.165) is 12.8 Å². The van der Waals surface area contributed by atoms with E-state index >= 15 is 0 Å². The Bertz CT molecular complexity index is 972. The van der Waals surface area contributed by atoms with Gasteiger partial charge in [0.05, 0.1) is 0 Å². The molecule has 130 valence electrons. The summed E-state index contributed by atoms with van der Waals surface area (Å²) in [6, 6.07) is 39.8. The van der Waals surface area contributed by atoms with Gasteiger partial charge in [-0.3, -0.25) is 0 Å². The maximum Gasteiger partial charge on any atom is 0.0295 e. The molecular weight excluding hydrogens is 324 g/mol. The number of hydrogen-bond donors (Lipinski definition) is 0. The summed E-state index contributed by atoms with van der Waals surface area (Å²) in [5.74, 6) is 0. The fourth-order valence-corrected chi connectivity index (χ4v) is 4.75. The van der Waals surface area contributed by atoms with E-state index in [2.05, 4.69) is 109 Å². The topological polar surface area (TPSA) is 0 Å². The lowest BCUT2D eigenvalue weighted by atomic mass is 9.69. The summed E-state index contributed by atoms with van der Waals surface area (Å²) in [5.41, 5.74) is 8.44. The molecule has 0 amide bonds. The molecule has 0 heteroatoms. The van der Waals surface area contributed by atoms with Gasteiger partial charge in [0.15, 0.2) is 0 Å². The molecule has 0 saturated heterocycles.